The van der Waals surface area contributed by atoms with Crippen LogP contribution in [0.15, 0.2) is 24.8 Å². The number of carboxylic acid groups (broad SMARTS) is 1. The molecule has 0 unspecified atom stereocenters. The molecule has 0 radical (unpaired) electrons. The molecule has 0 aliphatic rings. The fourth-order valence-electron chi connectivity index (χ4n) is 0.750. The molecule has 0 atom stereocenters. The predicted molar refractivity (Wildman–Crippen MR) is 70.9 cm³/mol. The molecule has 0 fully saturated rings. The van der Waals surface area contributed by atoms with E-state index in [0.29, 0.717) is 32.8 Å². The highest BCUT2D eigenvalue weighted by Crippen LogP contribution is 1.97. The van der Waals surface area contributed by atoms with Crippen LogP contribution in [0.1, 0.15) is 13.3 Å². The number of methoxy groups -OCH3 is 1. The summed E-state index contributed by atoms with van der Waals surface area (Å²) in [7, 11) is 1.31. The fourth-order valence-corrected chi connectivity index (χ4v) is 0.750. The second-order valence-corrected chi connectivity index (χ2v) is 3.20. The minimum Gasteiger partial charge on any atom is -0.478 e. The molecule has 0 bridgehead atoms. The first kappa shape index (κ1) is 19.7. The van der Waals surface area contributed by atoms with E-state index in [0.717, 1.165) is 6.08 Å². The van der Waals surface area contributed by atoms with Gasteiger partial charge in [-0.15, -0.1) is 0 Å². The molecular formula is C13H22O6. The van der Waals surface area contributed by atoms with Crippen LogP contribution in [0.5, 0.6) is 0 Å². The number of ether oxygens (including phenoxy) is 3. The Kier molecular flexibility index (Phi) is 14.9. The number of hydrogen-bond donors (Lipinski definition) is 1. The van der Waals surface area contributed by atoms with Gasteiger partial charge in [0.1, 0.15) is 0 Å². The highest BCUT2D eigenvalue weighted by atomic mass is 16.5. The molecule has 0 aromatic carbocycles. The van der Waals surface area contributed by atoms with E-state index in [1.165, 1.54) is 7.11 Å². The van der Waals surface area contributed by atoms with Gasteiger partial charge in [-0.25, -0.2) is 9.59 Å². The van der Waals surface area contributed by atoms with E-state index < -0.39 is 11.9 Å². The van der Waals surface area contributed by atoms with Crippen LogP contribution in [0.4, 0.5) is 0 Å². The van der Waals surface area contributed by atoms with Crippen molar-refractivity contribution in [2.24, 2.45) is 0 Å². The first-order valence-corrected chi connectivity index (χ1v) is 5.76. The Labute approximate surface area is 113 Å². The zero-order chi connectivity index (χ0) is 15.1. The Hall–Kier alpha value is -1.66. The van der Waals surface area contributed by atoms with Crippen molar-refractivity contribution in [3.63, 3.8) is 0 Å². The van der Waals surface area contributed by atoms with Gasteiger partial charge in [0.15, 0.2) is 0 Å². The summed E-state index contributed by atoms with van der Waals surface area (Å²) in [5.41, 5.74) is 0.177. The van der Waals surface area contributed by atoms with Gasteiger partial charge < -0.3 is 19.3 Å². The van der Waals surface area contributed by atoms with Gasteiger partial charge in [-0.05, 0) is 6.92 Å². The van der Waals surface area contributed by atoms with Crippen molar-refractivity contribution >= 4 is 11.9 Å². The molecule has 0 heterocycles. The molecule has 0 rings (SSSR count). The summed E-state index contributed by atoms with van der Waals surface area (Å²) in [5.74, 6) is -1.36. The average Bonchev–Trinajstić information content (AvgIpc) is 2.42. The van der Waals surface area contributed by atoms with Crippen LogP contribution in [0, 0.1) is 0 Å². The predicted octanol–water partition coefficient (Wildman–Crippen LogP) is 1.42. The molecule has 0 amide bonds. The Morgan fingerprint density at radius 2 is 1.79 bits per heavy atom. The minimum absolute atomic E-state index is 0.177. The molecule has 6 heteroatoms. The summed E-state index contributed by atoms with van der Waals surface area (Å²) in [6.07, 6.45) is 1.47. The molecule has 0 saturated carbocycles. The van der Waals surface area contributed by atoms with Gasteiger partial charge >= 0.3 is 11.9 Å². The van der Waals surface area contributed by atoms with Crippen LogP contribution in [0.2, 0.25) is 0 Å². The molecule has 0 aliphatic carbocycles. The van der Waals surface area contributed by atoms with E-state index in [4.69, 9.17) is 14.6 Å². The van der Waals surface area contributed by atoms with Crippen molar-refractivity contribution in [3.8, 4) is 0 Å². The lowest BCUT2D eigenvalue weighted by Gasteiger charge is -2.03. The number of rotatable bonds is 9. The molecule has 110 valence electrons. The van der Waals surface area contributed by atoms with Crippen molar-refractivity contribution in [1.29, 1.82) is 0 Å². The van der Waals surface area contributed by atoms with Gasteiger partial charge in [0, 0.05) is 24.7 Å². The van der Waals surface area contributed by atoms with E-state index in [9.17, 15) is 9.59 Å². The second-order valence-electron chi connectivity index (χ2n) is 3.20. The lowest BCUT2D eigenvalue weighted by Crippen LogP contribution is -2.07. The number of carbonyl (C=O) groups excluding carboxylic acids is 1. The van der Waals surface area contributed by atoms with E-state index in [2.05, 4.69) is 17.9 Å². The number of aliphatic carboxylic acids is 1. The molecule has 6 nitrogen and oxygen atoms in total. The maximum atomic E-state index is 10.3. The van der Waals surface area contributed by atoms with Crippen molar-refractivity contribution < 1.29 is 28.9 Å². The summed E-state index contributed by atoms with van der Waals surface area (Å²) in [6.45, 7) is 10.6. The van der Waals surface area contributed by atoms with Crippen molar-refractivity contribution in [2.75, 3.05) is 33.5 Å². The maximum Gasteiger partial charge on any atom is 0.331 e. The highest BCUT2D eigenvalue weighted by Gasteiger charge is 2.02. The highest BCUT2D eigenvalue weighted by molar-refractivity contribution is 5.85. The molecule has 0 aromatic heterocycles. The normalized spacial score (nSPS) is 8.95. The lowest BCUT2D eigenvalue weighted by molar-refractivity contribution is -0.135. The quantitative estimate of drug-likeness (QED) is 0.389. The molecule has 0 aromatic rings. The van der Waals surface area contributed by atoms with E-state index >= 15 is 0 Å². The summed E-state index contributed by atoms with van der Waals surface area (Å²) >= 11 is 0. The van der Waals surface area contributed by atoms with Crippen LogP contribution in [0.25, 0.3) is 0 Å². The molecule has 1 N–H and O–H groups in total. The SMILES string of the molecule is C=C(CCOCCOCC)C(=O)O.C=CC(=O)OC. The first-order chi connectivity index (χ1) is 8.99. The van der Waals surface area contributed by atoms with Crippen LogP contribution >= 0.6 is 0 Å². The van der Waals surface area contributed by atoms with Crippen LogP contribution in [0.3, 0.4) is 0 Å². The average molecular weight is 274 g/mol. The van der Waals surface area contributed by atoms with Gasteiger partial charge in [0.25, 0.3) is 0 Å². The molecule has 19 heavy (non-hydrogen) atoms. The first-order valence-electron chi connectivity index (χ1n) is 5.76. The monoisotopic (exact) mass is 274 g/mol. The smallest absolute Gasteiger partial charge is 0.331 e. The van der Waals surface area contributed by atoms with Gasteiger partial charge in [-0.1, -0.05) is 13.2 Å². The number of hydrogen-bond acceptors (Lipinski definition) is 5. The summed E-state index contributed by atoms with van der Waals surface area (Å²) < 4.78 is 14.3. The van der Waals surface area contributed by atoms with Crippen LogP contribution in [-0.4, -0.2) is 50.6 Å². The standard InChI is InChI=1S/C9H16O4.C4H6O2/c1-3-12-6-7-13-5-4-8(2)9(10)11;1-3-4(5)6-2/h2-7H2,1H3,(H,10,11);3H,1H2,2H3. The van der Waals surface area contributed by atoms with E-state index in [1.807, 2.05) is 6.92 Å². The lowest BCUT2D eigenvalue weighted by atomic mass is 10.2. The molecule has 0 saturated heterocycles. The third kappa shape index (κ3) is 16.3. The van der Waals surface area contributed by atoms with E-state index in [1.54, 1.807) is 0 Å². The third-order valence-electron chi connectivity index (χ3n) is 1.79. The van der Waals surface area contributed by atoms with Gasteiger partial charge in [0.05, 0.1) is 26.9 Å². The Bertz CT molecular complexity index is 285. The van der Waals surface area contributed by atoms with Gasteiger partial charge in [-0.3, -0.25) is 0 Å². The van der Waals surface area contributed by atoms with Crippen LogP contribution in [-0.2, 0) is 23.8 Å². The summed E-state index contributed by atoms with van der Waals surface area (Å²) in [4.78, 5) is 20.1. The zero-order valence-corrected chi connectivity index (χ0v) is 11.5. The van der Waals surface area contributed by atoms with Gasteiger partial charge in [0.2, 0.25) is 0 Å². The minimum atomic E-state index is -0.964. The maximum absolute atomic E-state index is 10.3. The fraction of sp³-hybridized carbons (Fsp3) is 0.538. The number of carbonyl (C=O) groups is 2. The van der Waals surface area contributed by atoms with Gasteiger partial charge in [-0.2, -0.15) is 0 Å². The van der Waals surface area contributed by atoms with Crippen molar-refractivity contribution in [2.45, 2.75) is 13.3 Å². The number of carboxylic acids is 1. The molecule has 0 aliphatic heterocycles. The summed E-state index contributed by atoms with van der Waals surface area (Å²) in [6, 6.07) is 0. The number of esters is 1. The molecule has 0 spiro atoms. The Morgan fingerprint density at radius 1 is 1.21 bits per heavy atom. The zero-order valence-electron chi connectivity index (χ0n) is 11.5. The molecular weight excluding hydrogens is 252 g/mol. The Balaban J connectivity index is 0. The van der Waals surface area contributed by atoms with Crippen molar-refractivity contribution in [3.05, 3.63) is 24.8 Å². The van der Waals surface area contributed by atoms with Crippen LogP contribution < -0.4 is 0 Å². The Morgan fingerprint density at radius 3 is 2.16 bits per heavy atom. The topological polar surface area (TPSA) is 82.1 Å². The third-order valence-corrected chi connectivity index (χ3v) is 1.79. The van der Waals surface area contributed by atoms with Crippen molar-refractivity contribution in [1.82, 2.24) is 0 Å². The van der Waals surface area contributed by atoms with E-state index in [-0.39, 0.29) is 5.57 Å². The largest absolute Gasteiger partial charge is 0.478 e. The second kappa shape index (κ2) is 14.4. The summed E-state index contributed by atoms with van der Waals surface area (Å²) in [5, 5.41) is 8.44.